The van der Waals surface area contributed by atoms with Crippen LogP contribution in [0.1, 0.15) is 51.3 Å². The monoisotopic (exact) mass is 590 g/mol. The molecule has 216 valence electrons. The maximum absolute atomic E-state index is 11.7. The minimum absolute atomic E-state index is 0.262. The Bertz CT molecular complexity index is 1650. The molecule has 2 atom stereocenters. The van der Waals surface area contributed by atoms with E-state index in [4.69, 9.17) is 14.2 Å². The molecule has 1 heterocycles. The third-order valence-corrected chi connectivity index (χ3v) is 8.04. The normalized spacial score (nSPS) is 12.1. The van der Waals surface area contributed by atoms with Gasteiger partial charge in [-0.05, 0) is 63.9 Å². The van der Waals surface area contributed by atoms with Crippen LogP contribution in [0.15, 0.2) is 115 Å². The third-order valence-electron chi connectivity index (χ3n) is 7.04. The molecule has 1 aromatic heterocycles. The van der Waals surface area contributed by atoms with Crippen LogP contribution in [0.2, 0.25) is 0 Å². The first-order valence-corrected chi connectivity index (χ1v) is 14.7. The van der Waals surface area contributed by atoms with Crippen molar-refractivity contribution < 1.29 is 28.6 Å². The van der Waals surface area contributed by atoms with Crippen molar-refractivity contribution in [1.82, 2.24) is 0 Å². The molecule has 5 rings (SSSR count). The number of benzene rings is 4. The molecule has 0 fully saturated rings. The van der Waals surface area contributed by atoms with E-state index in [-0.39, 0.29) is 6.61 Å². The standard InChI is InChI=1S/C36H30O6S/c37-18-8-15-32-21-30(23-43-32)29-13-7-14-31(20-29)40-22-26-16-17-33(35(41-24-38)27-9-3-1-4-10-27)34(19-26)36(42-25-39)28-11-5-2-6-12-28/h1-7,9-14,16-21,23-25,35-36H,8,15,22H2. The highest BCUT2D eigenvalue weighted by Gasteiger charge is 2.26. The van der Waals surface area contributed by atoms with Crippen LogP contribution >= 0.6 is 11.3 Å². The molecule has 0 bridgehead atoms. The summed E-state index contributed by atoms with van der Waals surface area (Å²) in [6.07, 6.45) is 0.758. The van der Waals surface area contributed by atoms with E-state index in [0.717, 1.165) is 40.5 Å². The van der Waals surface area contributed by atoms with E-state index < -0.39 is 12.2 Å². The molecular formula is C36H30O6S. The Morgan fingerprint density at radius 3 is 1.98 bits per heavy atom. The zero-order chi connectivity index (χ0) is 29.9. The van der Waals surface area contributed by atoms with Crippen LogP contribution < -0.4 is 4.74 Å². The number of hydrogen-bond acceptors (Lipinski definition) is 7. The summed E-state index contributed by atoms with van der Waals surface area (Å²) in [6, 6.07) is 34.6. The van der Waals surface area contributed by atoms with Gasteiger partial charge in [-0.3, -0.25) is 9.59 Å². The zero-order valence-electron chi connectivity index (χ0n) is 23.3. The second-order valence-corrected chi connectivity index (χ2v) is 10.8. The van der Waals surface area contributed by atoms with Gasteiger partial charge >= 0.3 is 0 Å². The largest absolute Gasteiger partial charge is 0.489 e. The first-order chi connectivity index (χ1) is 21.2. The molecule has 0 saturated carbocycles. The van der Waals surface area contributed by atoms with Crippen LogP contribution in [-0.4, -0.2) is 19.2 Å². The van der Waals surface area contributed by atoms with Crippen molar-refractivity contribution in [3.05, 3.63) is 147 Å². The van der Waals surface area contributed by atoms with Gasteiger partial charge in [-0.15, -0.1) is 11.3 Å². The molecule has 0 saturated heterocycles. The highest BCUT2D eigenvalue weighted by Crippen LogP contribution is 2.36. The molecule has 0 N–H and O–H groups in total. The van der Waals surface area contributed by atoms with Crippen LogP contribution in [-0.2, 0) is 36.9 Å². The summed E-state index contributed by atoms with van der Waals surface area (Å²) in [5.74, 6) is 0.707. The number of carbonyl (C=O) groups is 3. The molecule has 5 aromatic rings. The highest BCUT2D eigenvalue weighted by atomic mass is 32.1. The van der Waals surface area contributed by atoms with Gasteiger partial charge < -0.3 is 19.0 Å². The van der Waals surface area contributed by atoms with Crippen molar-refractivity contribution in [1.29, 1.82) is 0 Å². The van der Waals surface area contributed by atoms with Gasteiger partial charge in [0.2, 0.25) is 0 Å². The van der Waals surface area contributed by atoms with Crippen molar-refractivity contribution in [2.45, 2.75) is 31.7 Å². The number of rotatable bonds is 15. The summed E-state index contributed by atoms with van der Waals surface area (Å²) in [5, 5.41) is 2.09. The van der Waals surface area contributed by atoms with E-state index in [2.05, 4.69) is 11.4 Å². The van der Waals surface area contributed by atoms with Crippen LogP contribution in [0, 0.1) is 0 Å². The van der Waals surface area contributed by atoms with E-state index >= 15 is 0 Å². The second kappa shape index (κ2) is 14.8. The van der Waals surface area contributed by atoms with Crippen molar-refractivity contribution in [3.63, 3.8) is 0 Å². The summed E-state index contributed by atoms with van der Waals surface area (Å²) in [4.78, 5) is 35.2. The van der Waals surface area contributed by atoms with Gasteiger partial charge in [0.25, 0.3) is 12.9 Å². The van der Waals surface area contributed by atoms with Gasteiger partial charge in [0.15, 0.2) is 12.2 Å². The fraction of sp³-hybridized carbons (Fsp3) is 0.139. The Labute approximate surface area is 254 Å². The van der Waals surface area contributed by atoms with Crippen LogP contribution in [0.5, 0.6) is 5.75 Å². The van der Waals surface area contributed by atoms with E-state index in [1.807, 2.05) is 103 Å². The Morgan fingerprint density at radius 2 is 1.33 bits per heavy atom. The van der Waals surface area contributed by atoms with Crippen LogP contribution in [0.4, 0.5) is 0 Å². The van der Waals surface area contributed by atoms with Gasteiger partial charge in [0.05, 0.1) is 0 Å². The van der Waals surface area contributed by atoms with E-state index in [0.29, 0.717) is 36.2 Å². The number of ether oxygens (including phenoxy) is 3. The van der Waals surface area contributed by atoms with Crippen LogP contribution in [0.3, 0.4) is 0 Å². The number of thiophene rings is 1. The van der Waals surface area contributed by atoms with Gasteiger partial charge in [0.1, 0.15) is 18.6 Å². The lowest BCUT2D eigenvalue weighted by Gasteiger charge is -2.25. The predicted octanol–water partition coefficient (Wildman–Crippen LogP) is 7.65. The average Bonchev–Trinajstić information content (AvgIpc) is 3.54. The molecule has 0 amide bonds. The maximum Gasteiger partial charge on any atom is 0.294 e. The van der Waals surface area contributed by atoms with Gasteiger partial charge in [-0.2, -0.15) is 0 Å². The number of aldehydes is 1. The molecule has 7 heteroatoms. The van der Waals surface area contributed by atoms with Crippen molar-refractivity contribution in [3.8, 4) is 16.9 Å². The molecule has 43 heavy (non-hydrogen) atoms. The summed E-state index contributed by atoms with van der Waals surface area (Å²) in [7, 11) is 0. The Hall–Kier alpha value is -5.01. The summed E-state index contributed by atoms with van der Waals surface area (Å²) < 4.78 is 17.5. The van der Waals surface area contributed by atoms with E-state index in [9.17, 15) is 14.4 Å². The Morgan fingerprint density at radius 1 is 0.651 bits per heavy atom. The quantitative estimate of drug-likeness (QED) is 0.117. The molecule has 0 aliphatic heterocycles. The molecule has 6 nitrogen and oxygen atoms in total. The van der Waals surface area contributed by atoms with E-state index in [1.54, 1.807) is 11.3 Å². The smallest absolute Gasteiger partial charge is 0.294 e. The zero-order valence-corrected chi connectivity index (χ0v) is 24.2. The molecule has 0 aliphatic carbocycles. The fourth-order valence-electron chi connectivity index (χ4n) is 5.01. The van der Waals surface area contributed by atoms with Gasteiger partial charge in [0, 0.05) is 22.4 Å². The maximum atomic E-state index is 11.7. The summed E-state index contributed by atoms with van der Waals surface area (Å²) >= 11 is 1.64. The number of carbonyl (C=O) groups excluding carboxylic acids is 3. The molecule has 0 radical (unpaired) electrons. The molecule has 4 aromatic carbocycles. The average molecular weight is 591 g/mol. The van der Waals surface area contributed by atoms with Crippen molar-refractivity contribution in [2.24, 2.45) is 0 Å². The topological polar surface area (TPSA) is 78.9 Å². The van der Waals surface area contributed by atoms with Gasteiger partial charge in [-0.1, -0.05) is 84.9 Å². The first-order valence-electron chi connectivity index (χ1n) is 13.8. The third kappa shape index (κ3) is 7.45. The molecule has 2 unspecified atom stereocenters. The predicted molar refractivity (Wildman–Crippen MR) is 166 cm³/mol. The van der Waals surface area contributed by atoms with Crippen molar-refractivity contribution >= 4 is 30.6 Å². The molecule has 0 spiro atoms. The minimum atomic E-state index is -0.731. The molecule has 0 aliphatic rings. The van der Waals surface area contributed by atoms with E-state index in [1.165, 1.54) is 4.88 Å². The Balaban J connectivity index is 1.46. The number of hydrogen-bond donors (Lipinski definition) is 0. The first kappa shape index (κ1) is 29.5. The molecular weight excluding hydrogens is 560 g/mol. The lowest BCUT2D eigenvalue weighted by atomic mass is 9.89. The second-order valence-electron chi connectivity index (χ2n) is 9.83. The lowest BCUT2D eigenvalue weighted by Crippen LogP contribution is -2.14. The van der Waals surface area contributed by atoms with Crippen molar-refractivity contribution in [2.75, 3.05) is 0 Å². The SMILES string of the molecule is O=CCCc1cc(-c2cccc(OCc3ccc(C(OC=O)c4ccccc4)c(C(OC=O)c4ccccc4)c3)c2)cs1. The summed E-state index contributed by atoms with van der Waals surface area (Å²) in [6.45, 7) is 1.13. The Kier molecular flexibility index (Phi) is 10.1. The highest BCUT2D eigenvalue weighted by molar-refractivity contribution is 7.10. The lowest BCUT2D eigenvalue weighted by molar-refractivity contribution is -0.134. The summed E-state index contributed by atoms with van der Waals surface area (Å²) in [5.41, 5.74) is 5.92. The van der Waals surface area contributed by atoms with Gasteiger partial charge in [-0.25, -0.2) is 0 Å². The fourth-order valence-corrected chi connectivity index (χ4v) is 5.92. The van der Waals surface area contributed by atoms with Crippen LogP contribution in [0.25, 0.3) is 11.1 Å². The minimum Gasteiger partial charge on any atom is -0.489 e. The number of aryl methyl sites for hydroxylation is 1.